The molecule has 0 saturated heterocycles. The van der Waals surface area contributed by atoms with Crippen molar-refractivity contribution in [3.05, 3.63) is 90.0 Å². The van der Waals surface area contributed by atoms with Crippen LogP contribution in [0.3, 0.4) is 0 Å². The van der Waals surface area contributed by atoms with Crippen LogP contribution in [0.4, 0.5) is 11.5 Å². The van der Waals surface area contributed by atoms with Crippen LogP contribution in [-0.4, -0.2) is 26.8 Å². The zero-order chi connectivity index (χ0) is 29.1. The maximum absolute atomic E-state index is 13.1. The molecule has 202 valence electrons. The van der Waals surface area contributed by atoms with Gasteiger partial charge in [0.1, 0.15) is 5.82 Å². The molecule has 4 rings (SSSR count). The average molecular weight is 533 g/mol. The molecule has 40 heavy (non-hydrogen) atoms. The van der Waals surface area contributed by atoms with Crippen molar-refractivity contribution < 1.29 is 9.59 Å². The third-order valence-electron chi connectivity index (χ3n) is 6.49. The van der Waals surface area contributed by atoms with E-state index >= 15 is 0 Å². The summed E-state index contributed by atoms with van der Waals surface area (Å²) in [6.45, 7) is 11.1. The van der Waals surface area contributed by atoms with Crippen molar-refractivity contribution >= 4 is 23.3 Å². The minimum atomic E-state index is -0.805. The summed E-state index contributed by atoms with van der Waals surface area (Å²) in [6.07, 6.45) is 4.92. The van der Waals surface area contributed by atoms with Gasteiger partial charge in [0, 0.05) is 40.8 Å². The lowest BCUT2D eigenvalue weighted by molar-refractivity contribution is -0.123. The number of rotatable bonds is 6. The normalized spacial score (nSPS) is 11.4. The first-order chi connectivity index (χ1) is 18.9. The monoisotopic (exact) mass is 532 g/mol. The highest BCUT2D eigenvalue weighted by Gasteiger charge is 2.23. The number of nitrogens with one attached hydrogen (secondary N) is 2. The number of benzene rings is 1. The number of aryl methyl sites for hydroxylation is 1. The molecule has 0 saturated carbocycles. The number of aromatic nitrogens is 3. The summed E-state index contributed by atoms with van der Waals surface area (Å²) >= 11 is 0. The molecule has 0 fully saturated rings. The Labute approximate surface area is 234 Å². The molecule has 0 unspecified atom stereocenters. The number of amides is 2. The minimum Gasteiger partial charge on any atom is -0.322 e. The van der Waals surface area contributed by atoms with Gasteiger partial charge < -0.3 is 10.6 Å². The molecule has 0 aliphatic heterocycles. The van der Waals surface area contributed by atoms with Crippen molar-refractivity contribution in [2.45, 2.75) is 47.0 Å². The first-order valence-corrected chi connectivity index (χ1v) is 12.9. The SMILES string of the molecule is Cc1ccc(NC(=O)c2ccnc(C(C)(C)C#N)c2)cc1-c1ccnc(-c2ccnc(NC(=O)C(C)(C)C)c2)c1. The van der Waals surface area contributed by atoms with Gasteiger partial charge in [-0.05, 0) is 86.0 Å². The van der Waals surface area contributed by atoms with Gasteiger partial charge in [0.2, 0.25) is 5.91 Å². The van der Waals surface area contributed by atoms with Crippen LogP contribution in [0.15, 0.2) is 73.2 Å². The Morgan fingerprint density at radius 3 is 2.23 bits per heavy atom. The second kappa shape index (κ2) is 11.1. The van der Waals surface area contributed by atoms with E-state index in [2.05, 4.69) is 31.7 Å². The molecule has 8 nitrogen and oxygen atoms in total. The molecular weight excluding hydrogens is 500 g/mol. The lowest BCUT2D eigenvalue weighted by atomic mass is 9.90. The maximum atomic E-state index is 13.1. The van der Waals surface area contributed by atoms with Gasteiger partial charge in [0.05, 0.1) is 22.9 Å². The molecule has 0 aliphatic rings. The van der Waals surface area contributed by atoms with Crippen molar-refractivity contribution in [2.75, 3.05) is 10.6 Å². The molecule has 2 amide bonds. The van der Waals surface area contributed by atoms with Gasteiger partial charge in [-0.2, -0.15) is 5.26 Å². The van der Waals surface area contributed by atoms with Crippen LogP contribution in [-0.2, 0) is 10.2 Å². The number of carbonyl (C=O) groups is 2. The second-order valence-electron chi connectivity index (χ2n) is 11.2. The van der Waals surface area contributed by atoms with Crippen LogP contribution in [0.2, 0.25) is 0 Å². The molecule has 3 heterocycles. The summed E-state index contributed by atoms with van der Waals surface area (Å²) in [7, 11) is 0. The molecule has 1 aromatic carbocycles. The first-order valence-electron chi connectivity index (χ1n) is 12.9. The third-order valence-corrected chi connectivity index (χ3v) is 6.49. The summed E-state index contributed by atoms with van der Waals surface area (Å²) in [4.78, 5) is 38.6. The van der Waals surface area contributed by atoms with Crippen LogP contribution >= 0.6 is 0 Å². The van der Waals surface area contributed by atoms with E-state index in [1.54, 1.807) is 50.6 Å². The van der Waals surface area contributed by atoms with Crippen molar-refractivity contribution in [1.82, 2.24) is 15.0 Å². The predicted octanol–water partition coefficient (Wildman–Crippen LogP) is 6.55. The molecule has 4 aromatic rings. The fraction of sp³-hybridized carbons (Fsp3) is 0.250. The highest BCUT2D eigenvalue weighted by molar-refractivity contribution is 6.04. The summed E-state index contributed by atoms with van der Waals surface area (Å²) in [6, 6.07) is 18.8. The number of anilines is 2. The molecule has 0 aliphatic carbocycles. The molecular formula is C32H32N6O2. The van der Waals surface area contributed by atoms with Gasteiger partial charge in [-0.15, -0.1) is 0 Å². The summed E-state index contributed by atoms with van der Waals surface area (Å²) in [5.74, 6) is 0.0530. The van der Waals surface area contributed by atoms with Gasteiger partial charge in [0.15, 0.2) is 0 Å². The molecule has 0 spiro atoms. The van der Waals surface area contributed by atoms with Crippen molar-refractivity contribution in [3.8, 4) is 28.5 Å². The van der Waals surface area contributed by atoms with Gasteiger partial charge in [-0.1, -0.05) is 26.8 Å². The number of pyridine rings is 3. The molecule has 0 atom stereocenters. The Hall–Kier alpha value is -4.90. The third kappa shape index (κ3) is 6.38. The highest BCUT2D eigenvalue weighted by Crippen LogP contribution is 2.30. The summed E-state index contributed by atoms with van der Waals surface area (Å²) in [5.41, 5.74) is 4.70. The zero-order valence-electron chi connectivity index (χ0n) is 23.5. The highest BCUT2D eigenvalue weighted by atomic mass is 16.2. The van der Waals surface area contributed by atoms with Crippen molar-refractivity contribution in [1.29, 1.82) is 5.26 Å². The number of hydrogen-bond donors (Lipinski definition) is 2. The fourth-order valence-electron chi connectivity index (χ4n) is 3.90. The number of hydrogen-bond acceptors (Lipinski definition) is 6. The van der Waals surface area contributed by atoms with E-state index in [0.717, 1.165) is 27.9 Å². The van der Waals surface area contributed by atoms with Crippen LogP contribution in [0.1, 0.15) is 56.2 Å². The Balaban J connectivity index is 1.60. The van der Waals surface area contributed by atoms with E-state index < -0.39 is 10.8 Å². The fourth-order valence-corrected chi connectivity index (χ4v) is 3.90. The van der Waals surface area contributed by atoms with Gasteiger partial charge in [-0.25, -0.2) is 4.98 Å². The van der Waals surface area contributed by atoms with Gasteiger partial charge >= 0.3 is 0 Å². The topological polar surface area (TPSA) is 121 Å². The van der Waals surface area contributed by atoms with E-state index in [1.165, 1.54) is 0 Å². The number of nitriles is 1. The van der Waals surface area contributed by atoms with Crippen LogP contribution in [0.25, 0.3) is 22.4 Å². The molecule has 8 heteroatoms. The Kier molecular flexibility index (Phi) is 7.78. The van der Waals surface area contributed by atoms with Crippen LogP contribution in [0.5, 0.6) is 0 Å². The molecule has 3 aromatic heterocycles. The van der Waals surface area contributed by atoms with E-state index in [0.29, 0.717) is 22.8 Å². The standard InChI is InChI=1S/C32H32N6O2/c1-20-7-8-24(37-29(39)23-11-13-35-27(16-23)32(5,6)19-33)18-25(20)21-9-12-34-26(15-21)22-10-14-36-28(17-22)38-30(40)31(2,3)4/h7-18H,1-6H3,(H,37,39)(H,36,38,40). The second-order valence-corrected chi connectivity index (χ2v) is 11.2. The lowest BCUT2D eigenvalue weighted by Gasteiger charge is -2.17. The maximum Gasteiger partial charge on any atom is 0.255 e. The Bertz CT molecular complexity index is 1630. The lowest BCUT2D eigenvalue weighted by Crippen LogP contribution is -2.28. The summed E-state index contributed by atoms with van der Waals surface area (Å²) < 4.78 is 0. The van der Waals surface area contributed by atoms with Crippen LogP contribution < -0.4 is 10.6 Å². The largest absolute Gasteiger partial charge is 0.322 e. The molecule has 0 radical (unpaired) electrons. The Morgan fingerprint density at radius 2 is 1.50 bits per heavy atom. The van der Waals surface area contributed by atoms with E-state index in [9.17, 15) is 14.9 Å². The smallest absolute Gasteiger partial charge is 0.255 e. The quantitative estimate of drug-likeness (QED) is 0.290. The van der Waals surface area contributed by atoms with Crippen molar-refractivity contribution in [2.24, 2.45) is 5.41 Å². The average Bonchev–Trinajstić information content (AvgIpc) is 2.94. The molecule has 0 bridgehead atoms. The van der Waals surface area contributed by atoms with Crippen molar-refractivity contribution in [3.63, 3.8) is 0 Å². The first kappa shape index (κ1) is 28.1. The van der Waals surface area contributed by atoms with Gasteiger partial charge in [0.25, 0.3) is 5.91 Å². The summed E-state index contributed by atoms with van der Waals surface area (Å²) in [5, 5.41) is 15.3. The van der Waals surface area contributed by atoms with E-state index in [-0.39, 0.29) is 11.8 Å². The van der Waals surface area contributed by atoms with E-state index in [4.69, 9.17) is 0 Å². The zero-order valence-corrected chi connectivity index (χ0v) is 23.5. The minimum absolute atomic E-state index is 0.120. The van der Waals surface area contributed by atoms with Crippen LogP contribution in [0, 0.1) is 23.7 Å². The Morgan fingerprint density at radius 1 is 0.800 bits per heavy atom. The molecule has 2 N–H and O–H groups in total. The van der Waals surface area contributed by atoms with E-state index in [1.807, 2.05) is 64.1 Å². The van der Waals surface area contributed by atoms with Gasteiger partial charge in [-0.3, -0.25) is 19.6 Å². The number of nitrogens with zero attached hydrogens (tertiary/aromatic N) is 4. The number of carbonyl (C=O) groups excluding carboxylic acids is 2. The predicted molar refractivity (Wildman–Crippen MR) is 157 cm³/mol.